The highest BCUT2D eigenvalue weighted by Crippen LogP contribution is 2.18. The molecule has 2 aromatic carbocycles. The lowest BCUT2D eigenvalue weighted by Gasteiger charge is -2.15. The van der Waals surface area contributed by atoms with Crippen molar-refractivity contribution in [2.75, 3.05) is 6.54 Å². The fourth-order valence-electron chi connectivity index (χ4n) is 2.24. The number of benzene rings is 2. The second-order valence-corrected chi connectivity index (χ2v) is 4.82. The summed E-state index contributed by atoms with van der Waals surface area (Å²) in [6.45, 7) is 0.397. The van der Waals surface area contributed by atoms with E-state index in [4.69, 9.17) is 10.8 Å². The minimum Gasteiger partial charge on any atom is -0.480 e. The Morgan fingerprint density at radius 1 is 1.14 bits per heavy atom. The predicted molar refractivity (Wildman–Crippen MR) is 81.1 cm³/mol. The van der Waals surface area contributed by atoms with Crippen LogP contribution in [0.5, 0.6) is 0 Å². The van der Waals surface area contributed by atoms with Crippen LogP contribution in [0.15, 0.2) is 42.5 Å². The molecule has 1 atom stereocenters. The summed E-state index contributed by atoms with van der Waals surface area (Å²) >= 11 is 0. The highest BCUT2D eigenvalue weighted by molar-refractivity contribution is 6.07. The highest BCUT2D eigenvalue weighted by Gasteiger charge is 2.20. The van der Waals surface area contributed by atoms with Gasteiger partial charge in [0.05, 0.1) is 0 Å². The summed E-state index contributed by atoms with van der Waals surface area (Å²) in [6, 6.07) is 12.0. The molecular formula is C16H18N2O3. The van der Waals surface area contributed by atoms with Crippen molar-refractivity contribution < 1.29 is 14.7 Å². The minimum atomic E-state index is -1.04. The number of carbonyl (C=O) groups is 2. The number of fused-ring (bicyclic) bond motifs is 1. The van der Waals surface area contributed by atoms with E-state index in [9.17, 15) is 9.59 Å². The number of hydrogen-bond acceptors (Lipinski definition) is 3. The summed E-state index contributed by atoms with van der Waals surface area (Å²) in [6.07, 6.45) is 0.870. The zero-order chi connectivity index (χ0) is 15.2. The Labute approximate surface area is 122 Å². The second-order valence-electron chi connectivity index (χ2n) is 4.82. The molecule has 0 fully saturated rings. The zero-order valence-electron chi connectivity index (χ0n) is 11.6. The molecule has 1 amide bonds. The first-order chi connectivity index (χ1) is 10.1. The van der Waals surface area contributed by atoms with Crippen LogP contribution in [-0.4, -0.2) is 29.6 Å². The normalized spacial score (nSPS) is 12.0. The number of carboxylic acids is 1. The molecule has 0 saturated heterocycles. The van der Waals surface area contributed by atoms with Gasteiger partial charge in [-0.3, -0.25) is 4.79 Å². The van der Waals surface area contributed by atoms with Crippen LogP contribution in [0.25, 0.3) is 10.8 Å². The number of amides is 1. The van der Waals surface area contributed by atoms with Crippen molar-refractivity contribution >= 4 is 22.6 Å². The Morgan fingerprint density at radius 2 is 1.86 bits per heavy atom. The number of carboxylic acid groups (broad SMARTS) is 1. The van der Waals surface area contributed by atoms with E-state index >= 15 is 0 Å². The molecule has 0 spiro atoms. The third kappa shape index (κ3) is 3.58. The molecule has 0 bridgehead atoms. The lowest BCUT2D eigenvalue weighted by molar-refractivity contribution is -0.139. The quantitative estimate of drug-likeness (QED) is 0.754. The van der Waals surface area contributed by atoms with E-state index in [-0.39, 0.29) is 5.91 Å². The number of aliphatic carboxylic acids is 1. The third-order valence-corrected chi connectivity index (χ3v) is 3.33. The smallest absolute Gasteiger partial charge is 0.326 e. The average Bonchev–Trinajstić information content (AvgIpc) is 2.50. The van der Waals surface area contributed by atoms with Gasteiger partial charge in [0.25, 0.3) is 5.91 Å². The van der Waals surface area contributed by atoms with Gasteiger partial charge in [0.2, 0.25) is 0 Å². The van der Waals surface area contributed by atoms with E-state index in [1.165, 1.54) is 0 Å². The Balaban J connectivity index is 2.23. The molecule has 110 valence electrons. The van der Waals surface area contributed by atoms with Crippen molar-refractivity contribution in [3.8, 4) is 0 Å². The van der Waals surface area contributed by atoms with Crippen LogP contribution in [0.2, 0.25) is 0 Å². The second kappa shape index (κ2) is 6.85. The number of carbonyl (C=O) groups excluding carboxylic acids is 1. The van der Waals surface area contributed by atoms with Crippen LogP contribution in [0.1, 0.15) is 23.2 Å². The minimum absolute atomic E-state index is 0.322. The topological polar surface area (TPSA) is 92.4 Å². The monoisotopic (exact) mass is 286 g/mol. The summed E-state index contributed by atoms with van der Waals surface area (Å²) < 4.78 is 0. The molecule has 0 aliphatic carbocycles. The van der Waals surface area contributed by atoms with Crippen LogP contribution < -0.4 is 11.1 Å². The van der Waals surface area contributed by atoms with Crippen LogP contribution in [0.3, 0.4) is 0 Å². The number of nitrogens with two attached hydrogens (primary N) is 1. The van der Waals surface area contributed by atoms with Gasteiger partial charge in [-0.05, 0) is 36.2 Å². The van der Waals surface area contributed by atoms with Gasteiger partial charge >= 0.3 is 5.97 Å². The molecule has 5 nitrogen and oxygen atoms in total. The van der Waals surface area contributed by atoms with E-state index in [1.54, 1.807) is 12.1 Å². The lowest BCUT2D eigenvalue weighted by atomic mass is 10.0. The fraction of sp³-hybridized carbons (Fsp3) is 0.250. The van der Waals surface area contributed by atoms with Crippen LogP contribution >= 0.6 is 0 Å². The van der Waals surface area contributed by atoms with Gasteiger partial charge in [0.1, 0.15) is 6.04 Å². The molecule has 0 saturated carbocycles. The summed E-state index contributed by atoms with van der Waals surface area (Å²) in [7, 11) is 0. The van der Waals surface area contributed by atoms with E-state index in [1.807, 2.05) is 30.3 Å². The van der Waals surface area contributed by atoms with Crippen LogP contribution in [-0.2, 0) is 4.79 Å². The maximum Gasteiger partial charge on any atom is 0.326 e. The van der Waals surface area contributed by atoms with E-state index in [2.05, 4.69) is 5.32 Å². The molecule has 2 aromatic rings. The van der Waals surface area contributed by atoms with E-state index in [0.29, 0.717) is 24.9 Å². The molecule has 0 heterocycles. The van der Waals surface area contributed by atoms with Crippen molar-refractivity contribution in [1.82, 2.24) is 5.32 Å². The van der Waals surface area contributed by atoms with E-state index < -0.39 is 12.0 Å². The molecule has 21 heavy (non-hydrogen) atoms. The van der Waals surface area contributed by atoms with Crippen molar-refractivity contribution in [1.29, 1.82) is 0 Å². The maximum atomic E-state index is 12.3. The Hall–Kier alpha value is -2.40. The van der Waals surface area contributed by atoms with Crippen molar-refractivity contribution in [2.45, 2.75) is 18.9 Å². The first kappa shape index (κ1) is 15.0. The van der Waals surface area contributed by atoms with Crippen molar-refractivity contribution in [2.24, 2.45) is 5.73 Å². The summed E-state index contributed by atoms with van der Waals surface area (Å²) in [5, 5.41) is 13.5. The number of hydrogen-bond donors (Lipinski definition) is 3. The fourth-order valence-corrected chi connectivity index (χ4v) is 2.24. The summed E-state index contributed by atoms with van der Waals surface area (Å²) in [4.78, 5) is 23.5. The molecule has 2 rings (SSSR count). The molecule has 0 radical (unpaired) electrons. The first-order valence-corrected chi connectivity index (χ1v) is 6.85. The summed E-state index contributed by atoms with van der Waals surface area (Å²) in [5.74, 6) is -1.42. The maximum absolute atomic E-state index is 12.3. The number of nitrogens with one attached hydrogen (secondary N) is 1. The van der Waals surface area contributed by atoms with Crippen LogP contribution in [0, 0.1) is 0 Å². The van der Waals surface area contributed by atoms with Gasteiger partial charge < -0.3 is 16.2 Å². The van der Waals surface area contributed by atoms with Gasteiger partial charge in [-0.1, -0.05) is 36.4 Å². The van der Waals surface area contributed by atoms with Gasteiger partial charge in [-0.25, -0.2) is 4.79 Å². The Kier molecular flexibility index (Phi) is 4.90. The Morgan fingerprint density at radius 3 is 2.57 bits per heavy atom. The standard InChI is InChI=1S/C16H18N2O3/c17-10-4-9-14(16(20)21)18-15(19)13-8-3-6-11-5-1-2-7-12(11)13/h1-3,5-8,14H,4,9-10,17H2,(H,18,19)(H,20,21)/t14-/m0/s1. The van der Waals surface area contributed by atoms with Gasteiger partial charge in [0, 0.05) is 5.56 Å². The first-order valence-electron chi connectivity index (χ1n) is 6.85. The van der Waals surface area contributed by atoms with Crippen molar-refractivity contribution in [3.05, 3.63) is 48.0 Å². The zero-order valence-corrected chi connectivity index (χ0v) is 11.6. The largest absolute Gasteiger partial charge is 0.480 e. The predicted octanol–water partition coefficient (Wildman–Crippen LogP) is 1.76. The average molecular weight is 286 g/mol. The SMILES string of the molecule is NCCC[C@H](NC(=O)c1cccc2ccccc12)C(=O)O. The van der Waals surface area contributed by atoms with Gasteiger partial charge in [-0.15, -0.1) is 0 Å². The molecule has 4 N–H and O–H groups in total. The number of rotatable bonds is 6. The van der Waals surface area contributed by atoms with Crippen molar-refractivity contribution in [3.63, 3.8) is 0 Å². The Bertz CT molecular complexity index is 650. The van der Waals surface area contributed by atoms with Gasteiger partial charge in [-0.2, -0.15) is 0 Å². The highest BCUT2D eigenvalue weighted by atomic mass is 16.4. The molecule has 0 unspecified atom stereocenters. The molecular weight excluding hydrogens is 268 g/mol. The van der Waals surface area contributed by atoms with Gasteiger partial charge in [0.15, 0.2) is 0 Å². The summed E-state index contributed by atoms with van der Waals surface area (Å²) in [5.41, 5.74) is 5.87. The molecule has 5 heteroatoms. The van der Waals surface area contributed by atoms with E-state index in [0.717, 1.165) is 10.8 Å². The van der Waals surface area contributed by atoms with Crippen LogP contribution in [0.4, 0.5) is 0 Å². The third-order valence-electron chi connectivity index (χ3n) is 3.33. The molecule has 0 aliphatic heterocycles. The lowest BCUT2D eigenvalue weighted by Crippen LogP contribution is -2.41. The molecule has 0 aliphatic rings. The molecule has 0 aromatic heterocycles.